The normalized spacial score (nSPS) is 14.1. The van der Waals surface area contributed by atoms with Crippen molar-refractivity contribution < 1.29 is 27.9 Å². The molecule has 1 saturated heterocycles. The zero-order chi connectivity index (χ0) is 21.7. The van der Waals surface area contributed by atoms with Gasteiger partial charge in [-0.1, -0.05) is 23.7 Å². The fourth-order valence-electron chi connectivity index (χ4n) is 3.14. The summed E-state index contributed by atoms with van der Waals surface area (Å²) in [5.74, 6) is -0.907. The van der Waals surface area contributed by atoms with Crippen molar-refractivity contribution in [3.63, 3.8) is 0 Å². The number of ketones is 1. The maximum Gasteiger partial charge on any atom is 0.387 e. The number of para-hydroxylation sites is 1. The Balaban J connectivity index is 1.51. The number of benzene rings is 1. The lowest BCUT2D eigenvalue weighted by Gasteiger charge is -2.35. The fourth-order valence-corrected chi connectivity index (χ4v) is 4.15. The maximum absolute atomic E-state index is 12.7. The first kappa shape index (κ1) is 22.2. The molecule has 0 saturated carbocycles. The summed E-state index contributed by atoms with van der Waals surface area (Å²) in [5.41, 5.74) is 0.0535. The van der Waals surface area contributed by atoms with Crippen molar-refractivity contribution in [1.82, 2.24) is 9.80 Å². The number of thiophene rings is 1. The molecule has 0 atom stereocenters. The van der Waals surface area contributed by atoms with Gasteiger partial charge in [-0.3, -0.25) is 14.4 Å². The van der Waals surface area contributed by atoms with E-state index >= 15 is 0 Å². The number of nitrogens with zero attached hydrogens (tertiary/aromatic N) is 2. The Morgan fingerprint density at radius 1 is 1.00 bits per heavy atom. The largest absolute Gasteiger partial charge is 0.434 e. The highest BCUT2D eigenvalue weighted by Gasteiger charge is 2.27. The summed E-state index contributed by atoms with van der Waals surface area (Å²) in [6, 6.07) is 9.11. The first-order chi connectivity index (χ1) is 14.3. The van der Waals surface area contributed by atoms with Gasteiger partial charge in [0.1, 0.15) is 5.75 Å². The van der Waals surface area contributed by atoms with Crippen molar-refractivity contribution in [1.29, 1.82) is 0 Å². The number of hydrogen-bond donors (Lipinski definition) is 0. The molecule has 0 N–H and O–H groups in total. The maximum atomic E-state index is 12.7. The minimum Gasteiger partial charge on any atom is -0.434 e. The Morgan fingerprint density at radius 3 is 2.30 bits per heavy atom. The molecule has 2 amide bonds. The summed E-state index contributed by atoms with van der Waals surface area (Å²) in [6.07, 6.45) is 0.167. The molecule has 10 heteroatoms. The Bertz CT molecular complexity index is 929. The van der Waals surface area contributed by atoms with Crippen LogP contribution >= 0.6 is 22.9 Å². The molecule has 0 aliphatic carbocycles. The Kier molecular flexibility index (Phi) is 7.38. The molecule has 6 nitrogen and oxygen atoms in total. The van der Waals surface area contributed by atoms with E-state index in [2.05, 4.69) is 4.74 Å². The number of piperazine rings is 1. The van der Waals surface area contributed by atoms with Crippen LogP contribution < -0.4 is 4.74 Å². The lowest BCUT2D eigenvalue weighted by Crippen LogP contribution is -2.50. The molecule has 1 aliphatic rings. The zero-order valence-electron chi connectivity index (χ0n) is 15.9. The quantitative estimate of drug-likeness (QED) is 0.592. The van der Waals surface area contributed by atoms with Gasteiger partial charge in [0.15, 0.2) is 5.78 Å². The Morgan fingerprint density at radius 2 is 1.67 bits per heavy atom. The molecule has 0 radical (unpaired) electrons. The van der Waals surface area contributed by atoms with Crippen LogP contribution in [0.2, 0.25) is 4.34 Å². The number of carbonyl (C=O) groups excluding carboxylic acids is 3. The zero-order valence-corrected chi connectivity index (χ0v) is 17.4. The monoisotopic (exact) mass is 456 g/mol. The second kappa shape index (κ2) is 9.99. The van der Waals surface area contributed by atoms with Gasteiger partial charge in [-0.2, -0.15) is 8.78 Å². The van der Waals surface area contributed by atoms with Crippen LogP contribution in [0.3, 0.4) is 0 Å². The molecule has 0 unspecified atom stereocenters. The number of rotatable bonds is 7. The third-order valence-electron chi connectivity index (χ3n) is 4.67. The van der Waals surface area contributed by atoms with Crippen molar-refractivity contribution in [2.75, 3.05) is 26.2 Å². The summed E-state index contributed by atoms with van der Waals surface area (Å²) in [5, 5.41) is 0. The van der Waals surface area contributed by atoms with Gasteiger partial charge < -0.3 is 14.5 Å². The van der Waals surface area contributed by atoms with Crippen molar-refractivity contribution in [3.8, 4) is 5.75 Å². The fraction of sp³-hybridized carbons (Fsp3) is 0.350. The molecule has 1 fully saturated rings. The molecule has 0 bridgehead atoms. The van der Waals surface area contributed by atoms with E-state index in [0.29, 0.717) is 22.3 Å². The topological polar surface area (TPSA) is 66.9 Å². The van der Waals surface area contributed by atoms with E-state index in [1.165, 1.54) is 34.4 Å². The summed E-state index contributed by atoms with van der Waals surface area (Å²) in [7, 11) is 0. The van der Waals surface area contributed by atoms with E-state index in [1.807, 2.05) is 0 Å². The van der Waals surface area contributed by atoms with Crippen LogP contribution in [0.4, 0.5) is 8.78 Å². The van der Waals surface area contributed by atoms with Crippen LogP contribution in [0, 0.1) is 0 Å². The molecule has 1 aliphatic heterocycles. The standard InChI is InChI=1S/C20H19ClF2N2O4S/c21-17-7-6-16(30-17)14(26)5-8-18(27)24-9-11-25(12-10-24)19(28)13-3-1-2-4-15(13)29-20(22)23/h1-4,6-7,20H,5,8-12H2. The van der Waals surface area contributed by atoms with Gasteiger partial charge in [-0.25, -0.2) is 0 Å². The number of amides is 2. The highest BCUT2D eigenvalue weighted by molar-refractivity contribution is 7.18. The van der Waals surface area contributed by atoms with Crippen LogP contribution in [-0.2, 0) is 4.79 Å². The molecule has 0 spiro atoms. The molecular formula is C20H19ClF2N2O4S. The second-order valence-electron chi connectivity index (χ2n) is 6.57. The van der Waals surface area contributed by atoms with Gasteiger partial charge in [0, 0.05) is 39.0 Å². The summed E-state index contributed by atoms with van der Waals surface area (Å²) in [4.78, 5) is 40.8. The molecule has 3 rings (SSSR count). The lowest BCUT2D eigenvalue weighted by molar-refractivity contribution is -0.132. The number of carbonyl (C=O) groups is 3. The van der Waals surface area contributed by atoms with Gasteiger partial charge in [0.05, 0.1) is 14.8 Å². The average Bonchev–Trinajstić information content (AvgIpc) is 3.18. The van der Waals surface area contributed by atoms with Crippen molar-refractivity contribution >= 4 is 40.5 Å². The van der Waals surface area contributed by atoms with E-state index in [-0.39, 0.29) is 48.9 Å². The molecule has 1 aromatic heterocycles. The van der Waals surface area contributed by atoms with Crippen LogP contribution in [0.1, 0.15) is 32.9 Å². The molecule has 2 aromatic rings. The van der Waals surface area contributed by atoms with Crippen molar-refractivity contribution in [2.45, 2.75) is 19.5 Å². The van der Waals surface area contributed by atoms with Crippen LogP contribution in [0.5, 0.6) is 5.75 Å². The molecule has 160 valence electrons. The highest BCUT2D eigenvalue weighted by atomic mass is 35.5. The first-order valence-electron chi connectivity index (χ1n) is 9.24. The lowest BCUT2D eigenvalue weighted by atomic mass is 10.1. The minimum atomic E-state index is -3.03. The molecule has 30 heavy (non-hydrogen) atoms. The predicted molar refractivity (Wildman–Crippen MR) is 108 cm³/mol. The van der Waals surface area contributed by atoms with E-state index in [0.717, 1.165) is 0 Å². The average molecular weight is 457 g/mol. The molecule has 2 heterocycles. The van der Waals surface area contributed by atoms with Gasteiger partial charge in [-0.15, -0.1) is 11.3 Å². The SMILES string of the molecule is O=C(CCC(=O)N1CCN(C(=O)c2ccccc2OC(F)F)CC1)c1ccc(Cl)s1. The van der Waals surface area contributed by atoms with Crippen LogP contribution in [0.25, 0.3) is 0 Å². The van der Waals surface area contributed by atoms with E-state index < -0.39 is 12.5 Å². The molecule has 1 aromatic carbocycles. The number of ether oxygens (including phenoxy) is 1. The predicted octanol–water partition coefficient (Wildman–Crippen LogP) is 3.95. The van der Waals surface area contributed by atoms with Gasteiger partial charge in [0.2, 0.25) is 5.91 Å². The first-order valence-corrected chi connectivity index (χ1v) is 10.4. The van der Waals surface area contributed by atoms with Gasteiger partial charge in [-0.05, 0) is 24.3 Å². The smallest absolute Gasteiger partial charge is 0.387 e. The van der Waals surface area contributed by atoms with E-state index in [9.17, 15) is 23.2 Å². The summed E-state index contributed by atoms with van der Waals surface area (Å²) in [6.45, 7) is -1.88. The van der Waals surface area contributed by atoms with E-state index in [4.69, 9.17) is 11.6 Å². The summed E-state index contributed by atoms with van der Waals surface area (Å²) < 4.78 is 30.1. The van der Waals surface area contributed by atoms with Gasteiger partial charge in [0.25, 0.3) is 5.91 Å². The minimum absolute atomic E-state index is 0.0535. The van der Waals surface area contributed by atoms with Crippen LogP contribution in [-0.4, -0.2) is 60.2 Å². The number of Topliss-reactive ketones (excluding diaryl/α,β-unsaturated/α-hetero) is 1. The van der Waals surface area contributed by atoms with Crippen molar-refractivity contribution in [3.05, 3.63) is 51.2 Å². The third kappa shape index (κ3) is 5.54. The number of halogens is 3. The van der Waals surface area contributed by atoms with E-state index in [1.54, 1.807) is 23.1 Å². The van der Waals surface area contributed by atoms with Crippen LogP contribution in [0.15, 0.2) is 36.4 Å². The highest BCUT2D eigenvalue weighted by Crippen LogP contribution is 2.24. The molecular weight excluding hydrogens is 438 g/mol. The Hall–Kier alpha value is -2.52. The summed E-state index contributed by atoms with van der Waals surface area (Å²) >= 11 is 7.00. The second-order valence-corrected chi connectivity index (χ2v) is 8.29. The van der Waals surface area contributed by atoms with Crippen molar-refractivity contribution in [2.24, 2.45) is 0 Å². The van der Waals surface area contributed by atoms with Gasteiger partial charge >= 0.3 is 6.61 Å². The Labute approximate surface area is 181 Å². The third-order valence-corrected chi connectivity index (χ3v) is 5.94. The number of alkyl halides is 2. The number of hydrogen-bond acceptors (Lipinski definition) is 5.